The second kappa shape index (κ2) is 7.54. The van der Waals surface area contributed by atoms with Crippen LogP contribution >= 0.6 is 11.8 Å². The maximum absolute atomic E-state index is 5.98. The van der Waals surface area contributed by atoms with Crippen molar-refractivity contribution in [1.29, 1.82) is 0 Å². The molecular formula is C21H24O4S. The van der Waals surface area contributed by atoms with Crippen molar-refractivity contribution in [2.75, 3.05) is 21.3 Å². The summed E-state index contributed by atoms with van der Waals surface area (Å²) >= 11 is 1.76. The van der Waals surface area contributed by atoms with E-state index in [1.807, 2.05) is 18.2 Å². The minimum Gasteiger partial charge on any atom is -0.493 e. The molecule has 0 aliphatic carbocycles. The summed E-state index contributed by atoms with van der Waals surface area (Å²) in [6.45, 7) is 4.11. The summed E-state index contributed by atoms with van der Waals surface area (Å²) < 4.78 is 22.2. The molecule has 4 nitrogen and oxygen atoms in total. The van der Waals surface area contributed by atoms with Crippen molar-refractivity contribution in [3.63, 3.8) is 0 Å². The van der Waals surface area contributed by atoms with Crippen LogP contribution in [0, 0.1) is 0 Å². The molecule has 0 amide bonds. The highest BCUT2D eigenvalue weighted by molar-refractivity contribution is 7.98. The van der Waals surface area contributed by atoms with Gasteiger partial charge >= 0.3 is 0 Å². The van der Waals surface area contributed by atoms with Crippen molar-refractivity contribution < 1.29 is 18.9 Å². The maximum Gasteiger partial charge on any atom is 0.203 e. The largest absolute Gasteiger partial charge is 0.493 e. The molecule has 1 aliphatic heterocycles. The van der Waals surface area contributed by atoms with Crippen molar-refractivity contribution in [3.8, 4) is 23.0 Å². The number of hydrogen-bond donors (Lipinski definition) is 0. The predicted octanol–water partition coefficient (Wildman–Crippen LogP) is 5.19. The fourth-order valence-electron chi connectivity index (χ4n) is 2.83. The molecule has 2 aromatic rings. The van der Waals surface area contributed by atoms with Crippen molar-refractivity contribution in [1.82, 2.24) is 0 Å². The molecule has 0 N–H and O–H groups in total. The van der Waals surface area contributed by atoms with Gasteiger partial charge in [0.05, 0.1) is 21.3 Å². The SMILES string of the molecule is COc1cc(CSc2ccc3c(c2)C=CC(C)(C)O3)cc(OC)c1OC. The first-order valence-corrected chi connectivity index (χ1v) is 9.38. The Hall–Kier alpha value is -2.27. The Morgan fingerprint density at radius 1 is 0.962 bits per heavy atom. The third kappa shape index (κ3) is 3.93. The summed E-state index contributed by atoms with van der Waals surface area (Å²) in [5, 5.41) is 0. The molecule has 0 radical (unpaired) electrons. The van der Waals surface area contributed by atoms with Gasteiger partial charge in [0.15, 0.2) is 11.5 Å². The van der Waals surface area contributed by atoms with Crippen LogP contribution in [0.4, 0.5) is 0 Å². The lowest BCUT2D eigenvalue weighted by Gasteiger charge is -2.28. The molecular weight excluding hydrogens is 348 g/mol. The van der Waals surface area contributed by atoms with Crippen LogP contribution in [0.3, 0.4) is 0 Å². The van der Waals surface area contributed by atoms with E-state index in [4.69, 9.17) is 18.9 Å². The van der Waals surface area contributed by atoms with E-state index >= 15 is 0 Å². The number of rotatable bonds is 6. The molecule has 0 saturated carbocycles. The van der Waals surface area contributed by atoms with Gasteiger partial charge in [0.25, 0.3) is 0 Å². The zero-order valence-corrected chi connectivity index (χ0v) is 16.6. The van der Waals surface area contributed by atoms with Gasteiger partial charge in [-0.15, -0.1) is 11.8 Å². The molecule has 5 heteroatoms. The molecule has 3 rings (SSSR count). The Labute approximate surface area is 159 Å². The predicted molar refractivity (Wildman–Crippen MR) is 106 cm³/mol. The second-order valence-corrected chi connectivity index (χ2v) is 7.61. The number of benzene rings is 2. The Kier molecular flexibility index (Phi) is 5.37. The van der Waals surface area contributed by atoms with E-state index in [9.17, 15) is 0 Å². The van der Waals surface area contributed by atoms with Crippen molar-refractivity contribution >= 4 is 17.8 Å². The van der Waals surface area contributed by atoms with Crippen LogP contribution in [0.5, 0.6) is 23.0 Å². The van der Waals surface area contributed by atoms with Crippen molar-refractivity contribution in [3.05, 3.63) is 47.5 Å². The maximum atomic E-state index is 5.98. The third-order valence-corrected chi connectivity index (χ3v) is 5.21. The van der Waals surface area contributed by atoms with Gasteiger partial charge in [0.2, 0.25) is 5.75 Å². The van der Waals surface area contributed by atoms with E-state index in [0.717, 1.165) is 22.6 Å². The van der Waals surface area contributed by atoms with E-state index in [1.165, 1.54) is 4.90 Å². The van der Waals surface area contributed by atoms with Crippen LogP contribution in [0.2, 0.25) is 0 Å². The molecule has 1 heterocycles. The van der Waals surface area contributed by atoms with Crippen LogP contribution in [0.25, 0.3) is 6.08 Å². The molecule has 0 spiro atoms. The Bertz CT molecular complexity index is 802. The summed E-state index contributed by atoms with van der Waals surface area (Å²) in [5.41, 5.74) is 1.96. The van der Waals surface area contributed by atoms with Crippen LogP contribution in [0.1, 0.15) is 25.0 Å². The number of ether oxygens (including phenoxy) is 4. The summed E-state index contributed by atoms with van der Waals surface area (Å²) in [4.78, 5) is 1.19. The highest BCUT2D eigenvalue weighted by Gasteiger charge is 2.21. The average Bonchev–Trinajstić information content (AvgIpc) is 2.64. The summed E-state index contributed by atoms with van der Waals surface area (Å²) in [6.07, 6.45) is 4.21. The Morgan fingerprint density at radius 3 is 2.27 bits per heavy atom. The standard InChI is InChI=1S/C21H24O4S/c1-21(2)9-8-15-12-16(6-7-17(15)25-21)26-13-14-10-18(22-3)20(24-5)19(11-14)23-4/h6-12H,13H2,1-5H3. The second-order valence-electron chi connectivity index (χ2n) is 6.56. The van der Waals surface area contributed by atoms with Crippen LogP contribution in [-0.4, -0.2) is 26.9 Å². The zero-order valence-electron chi connectivity index (χ0n) is 15.8. The Morgan fingerprint density at radius 2 is 1.65 bits per heavy atom. The van der Waals surface area contributed by atoms with Gasteiger partial charge in [-0.2, -0.15) is 0 Å². The zero-order chi connectivity index (χ0) is 18.7. The molecule has 0 atom stereocenters. The van der Waals surface area contributed by atoms with Crippen molar-refractivity contribution in [2.24, 2.45) is 0 Å². The van der Waals surface area contributed by atoms with E-state index in [2.05, 4.69) is 38.1 Å². The minimum absolute atomic E-state index is 0.252. The fourth-order valence-corrected chi connectivity index (χ4v) is 3.71. The first-order valence-electron chi connectivity index (χ1n) is 8.40. The van der Waals surface area contributed by atoms with Gasteiger partial charge in [0, 0.05) is 16.2 Å². The molecule has 0 fully saturated rings. The van der Waals surface area contributed by atoms with E-state index < -0.39 is 0 Å². The van der Waals surface area contributed by atoms with Gasteiger partial charge in [-0.25, -0.2) is 0 Å². The lowest BCUT2D eigenvalue weighted by atomic mass is 10.0. The van der Waals surface area contributed by atoms with Gasteiger partial charge in [0.1, 0.15) is 11.4 Å². The molecule has 0 saturated heterocycles. The number of thioether (sulfide) groups is 1. The first-order chi connectivity index (χ1) is 12.5. The quantitative estimate of drug-likeness (QED) is 0.652. The lowest BCUT2D eigenvalue weighted by Crippen LogP contribution is -2.27. The van der Waals surface area contributed by atoms with Gasteiger partial charge in [-0.1, -0.05) is 6.08 Å². The fraction of sp³-hybridized carbons (Fsp3) is 0.333. The van der Waals surface area contributed by atoms with E-state index in [0.29, 0.717) is 17.2 Å². The molecule has 26 heavy (non-hydrogen) atoms. The van der Waals surface area contributed by atoms with Crippen LogP contribution in [0.15, 0.2) is 41.3 Å². The summed E-state index contributed by atoms with van der Waals surface area (Å²) in [5.74, 6) is 3.68. The van der Waals surface area contributed by atoms with E-state index in [-0.39, 0.29) is 5.60 Å². The molecule has 2 aromatic carbocycles. The average molecular weight is 372 g/mol. The van der Waals surface area contributed by atoms with Gasteiger partial charge in [-0.3, -0.25) is 0 Å². The Balaban J connectivity index is 1.77. The van der Waals surface area contributed by atoms with Crippen LogP contribution in [-0.2, 0) is 5.75 Å². The highest BCUT2D eigenvalue weighted by atomic mass is 32.2. The normalized spacial score (nSPS) is 14.3. The first kappa shape index (κ1) is 18.5. The molecule has 0 aromatic heterocycles. The topological polar surface area (TPSA) is 36.9 Å². The highest BCUT2D eigenvalue weighted by Crippen LogP contribution is 2.40. The monoisotopic (exact) mass is 372 g/mol. The van der Waals surface area contributed by atoms with Gasteiger partial charge in [-0.05, 0) is 55.8 Å². The van der Waals surface area contributed by atoms with Crippen LogP contribution < -0.4 is 18.9 Å². The minimum atomic E-state index is -0.252. The van der Waals surface area contributed by atoms with E-state index in [1.54, 1.807) is 33.1 Å². The number of fused-ring (bicyclic) bond motifs is 1. The summed E-state index contributed by atoms with van der Waals surface area (Å²) in [6, 6.07) is 10.3. The molecule has 0 bridgehead atoms. The lowest BCUT2D eigenvalue weighted by molar-refractivity contribution is 0.159. The van der Waals surface area contributed by atoms with Crippen molar-refractivity contribution in [2.45, 2.75) is 30.1 Å². The van der Waals surface area contributed by atoms with Gasteiger partial charge < -0.3 is 18.9 Å². The summed E-state index contributed by atoms with van der Waals surface area (Å²) in [7, 11) is 4.87. The smallest absolute Gasteiger partial charge is 0.203 e. The number of hydrogen-bond acceptors (Lipinski definition) is 5. The third-order valence-electron chi connectivity index (χ3n) is 4.15. The molecule has 1 aliphatic rings. The molecule has 0 unspecified atom stereocenters. The molecule has 138 valence electrons. The number of methoxy groups -OCH3 is 3.